The summed E-state index contributed by atoms with van der Waals surface area (Å²) in [5.41, 5.74) is 0. The van der Waals surface area contributed by atoms with E-state index in [1.165, 1.54) is 32.1 Å². The van der Waals surface area contributed by atoms with E-state index in [0.29, 0.717) is 6.54 Å². The number of ether oxygens (including phenoxy) is 2. The second-order valence-electron chi connectivity index (χ2n) is 8.18. The van der Waals surface area contributed by atoms with Crippen molar-refractivity contribution in [3.05, 3.63) is 0 Å². The number of hydrogen-bond acceptors (Lipinski definition) is 4. The Kier molecular flexibility index (Phi) is 10.2. The van der Waals surface area contributed by atoms with Crippen LogP contribution in [0.5, 0.6) is 0 Å². The molecule has 0 aromatic carbocycles. The quantitative estimate of drug-likeness (QED) is 0.289. The first kappa shape index (κ1) is 22.2. The smallest absolute Gasteiger partial charge is 0.309 e. The number of nitrogens with one attached hydrogen (secondary N) is 1. The average molecular weight is 382 g/mol. The van der Waals surface area contributed by atoms with Crippen LogP contribution in [0.15, 0.2) is 0 Å². The van der Waals surface area contributed by atoms with E-state index >= 15 is 0 Å². The van der Waals surface area contributed by atoms with Gasteiger partial charge in [-0.1, -0.05) is 71.6 Å². The Morgan fingerprint density at radius 2 is 1.70 bits per heavy atom. The third kappa shape index (κ3) is 7.81. The van der Waals surface area contributed by atoms with Gasteiger partial charge in [-0.15, -0.1) is 0 Å². The molecule has 1 heterocycles. The number of unbranched alkanes of at least 4 members (excludes halogenated alkanes) is 5. The van der Waals surface area contributed by atoms with Gasteiger partial charge in [0.2, 0.25) is 6.10 Å². The fourth-order valence-electron chi connectivity index (χ4n) is 3.92. The van der Waals surface area contributed by atoms with Gasteiger partial charge in [-0.25, -0.2) is 0 Å². The minimum atomic E-state index is -0.781. The Morgan fingerprint density at radius 3 is 2.41 bits per heavy atom. The Bertz CT molecular complexity index is 448. The van der Waals surface area contributed by atoms with Crippen molar-refractivity contribution >= 4 is 11.9 Å². The van der Waals surface area contributed by atoms with Gasteiger partial charge in [0.15, 0.2) is 0 Å². The van der Waals surface area contributed by atoms with Crippen molar-refractivity contribution in [3.63, 3.8) is 0 Å². The maximum absolute atomic E-state index is 12.6. The van der Waals surface area contributed by atoms with Gasteiger partial charge in [0, 0.05) is 6.54 Å². The summed E-state index contributed by atoms with van der Waals surface area (Å²) >= 11 is 0. The molecule has 1 saturated carbocycles. The van der Waals surface area contributed by atoms with E-state index < -0.39 is 6.10 Å². The minimum Gasteiger partial charge on any atom is -0.449 e. The van der Waals surface area contributed by atoms with Crippen molar-refractivity contribution in [3.8, 4) is 0 Å². The highest BCUT2D eigenvalue weighted by Crippen LogP contribution is 2.33. The zero-order valence-electron chi connectivity index (χ0n) is 17.3. The number of hydrogen-bond donors (Lipinski definition) is 1. The van der Waals surface area contributed by atoms with E-state index in [4.69, 9.17) is 9.47 Å². The summed E-state index contributed by atoms with van der Waals surface area (Å²) in [4.78, 5) is 25.2. The van der Waals surface area contributed by atoms with Crippen LogP contribution in [-0.4, -0.2) is 36.7 Å². The maximum atomic E-state index is 12.6. The maximum Gasteiger partial charge on any atom is 0.309 e. The molecule has 156 valence electrons. The van der Waals surface area contributed by atoms with E-state index in [1.807, 2.05) is 0 Å². The molecule has 0 aromatic heterocycles. The van der Waals surface area contributed by atoms with Crippen molar-refractivity contribution < 1.29 is 19.1 Å². The molecule has 1 amide bonds. The molecule has 0 radical (unpaired) electrons. The molecule has 5 nitrogen and oxygen atoms in total. The van der Waals surface area contributed by atoms with Crippen LogP contribution in [0, 0.1) is 5.92 Å². The molecule has 1 aliphatic heterocycles. The van der Waals surface area contributed by atoms with Gasteiger partial charge >= 0.3 is 5.97 Å². The first-order chi connectivity index (χ1) is 13.2. The van der Waals surface area contributed by atoms with Crippen LogP contribution in [-0.2, 0) is 19.1 Å². The number of carbonyl (C=O) groups is 2. The Balaban J connectivity index is 1.82. The zero-order chi connectivity index (χ0) is 19.5. The van der Waals surface area contributed by atoms with Gasteiger partial charge in [0.1, 0.15) is 6.10 Å². The van der Waals surface area contributed by atoms with Gasteiger partial charge < -0.3 is 14.8 Å². The predicted octanol–water partition coefficient (Wildman–Crippen LogP) is 4.52. The molecule has 1 saturated heterocycles. The van der Waals surface area contributed by atoms with E-state index in [9.17, 15) is 9.59 Å². The van der Waals surface area contributed by atoms with Crippen molar-refractivity contribution in [1.29, 1.82) is 0 Å². The highest BCUT2D eigenvalue weighted by molar-refractivity contribution is 5.85. The number of epoxide rings is 1. The van der Waals surface area contributed by atoms with Crippen molar-refractivity contribution in [2.75, 3.05) is 6.54 Å². The minimum absolute atomic E-state index is 0.0454. The molecular formula is C22H39NO4. The average Bonchev–Trinajstić information content (AvgIpc) is 3.45. The molecule has 2 aliphatic rings. The summed E-state index contributed by atoms with van der Waals surface area (Å²) in [6.07, 6.45) is 13.1. The molecular weight excluding hydrogens is 342 g/mol. The molecule has 2 fully saturated rings. The summed E-state index contributed by atoms with van der Waals surface area (Å²) in [6, 6.07) is 0. The number of esters is 1. The lowest BCUT2D eigenvalue weighted by molar-refractivity contribution is -0.162. The van der Waals surface area contributed by atoms with Gasteiger partial charge in [0.05, 0.1) is 12.0 Å². The normalized spacial score (nSPS) is 23.6. The fraction of sp³-hybridized carbons (Fsp3) is 0.909. The summed E-state index contributed by atoms with van der Waals surface area (Å²) < 4.78 is 11.5. The third-order valence-electron chi connectivity index (χ3n) is 5.78. The van der Waals surface area contributed by atoms with Crippen molar-refractivity contribution in [2.45, 2.75) is 116 Å². The van der Waals surface area contributed by atoms with E-state index in [1.54, 1.807) is 0 Å². The van der Waals surface area contributed by atoms with Crippen LogP contribution in [0.2, 0.25) is 0 Å². The van der Waals surface area contributed by atoms with Crippen LogP contribution in [0.3, 0.4) is 0 Å². The van der Waals surface area contributed by atoms with Gasteiger partial charge in [-0.05, 0) is 25.7 Å². The molecule has 1 unspecified atom stereocenters. The monoisotopic (exact) mass is 381 g/mol. The first-order valence-corrected chi connectivity index (χ1v) is 11.3. The number of carbonyl (C=O) groups excluding carboxylic acids is 2. The van der Waals surface area contributed by atoms with Crippen molar-refractivity contribution in [2.24, 2.45) is 5.92 Å². The Morgan fingerprint density at radius 1 is 1.00 bits per heavy atom. The number of amides is 1. The van der Waals surface area contributed by atoms with Crippen LogP contribution < -0.4 is 5.32 Å². The van der Waals surface area contributed by atoms with Crippen LogP contribution in [0.4, 0.5) is 0 Å². The zero-order valence-corrected chi connectivity index (χ0v) is 17.3. The largest absolute Gasteiger partial charge is 0.449 e. The predicted molar refractivity (Wildman–Crippen MR) is 106 cm³/mol. The lowest BCUT2D eigenvalue weighted by Gasteiger charge is -2.23. The second-order valence-corrected chi connectivity index (χ2v) is 8.18. The summed E-state index contributed by atoms with van der Waals surface area (Å²) in [7, 11) is 0. The fourth-order valence-corrected chi connectivity index (χ4v) is 3.92. The molecule has 0 aromatic rings. The first-order valence-electron chi connectivity index (χ1n) is 11.3. The van der Waals surface area contributed by atoms with Gasteiger partial charge in [-0.2, -0.15) is 0 Å². The molecule has 27 heavy (non-hydrogen) atoms. The topological polar surface area (TPSA) is 67.9 Å². The summed E-state index contributed by atoms with van der Waals surface area (Å²) in [5.74, 6) is -0.440. The van der Waals surface area contributed by atoms with Crippen LogP contribution in [0.1, 0.15) is 97.3 Å². The second kappa shape index (κ2) is 12.4. The molecule has 0 spiro atoms. The van der Waals surface area contributed by atoms with Crippen LogP contribution >= 0.6 is 0 Å². The highest BCUT2D eigenvalue weighted by atomic mass is 16.6. The third-order valence-corrected chi connectivity index (χ3v) is 5.78. The number of rotatable bonds is 13. The molecule has 1 aliphatic carbocycles. The highest BCUT2D eigenvalue weighted by Gasteiger charge is 2.50. The molecule has 5 heteroatoms. The lowest BCUT2D eigenvalue weighted by atomic mass is 9.89. The van der Waals surface area contributed by atoms with E-state index in [0.717, 1.165) is 51.4 Å². The van der Waals surface area contributed by atoms with Crippen LogP contribution in [0.25, 0.3) is 0 Å². The summed E-state index contributed by atoms with van der Waals surface area (Å²) in [6.45, 7) is 4.93. The molecule has 1 N–H and O–H groups in total. The SMILES string of the molecule is CCCCCCC[C@H]1O[C@@H]1C(OC(=O)C1CCCCC1)C(=O)NCCCC. The Hall–Kier alpha value is -1.10. The van der Waals surface area contributed by atoms with Gasteiger partial charge in [-0.3, -0.25) is 9.59 Å². The summed E-state index contributed by atoms with van der Waals surface area (Å²) in [5, 5.41) is 2.92. The van der Waals surface area contributed by atoms with E-state index in [-0.39, 0.29) is 30.0 Å². The van der Waals surface area contributed by atoms with Crippen molar-refractivity contribution in [1.82, 2.24) is 5.32 Å². The van der Waals surface area contributed by atoms with E-state index in [2.05, 4.69) is 19.2 Å². The molecule has 0 bridgehead atoms. The standard InChI is InChI=1S/C22H39NO4/c1-3-5-7-8-12-15-18-19(26-18)20(21(24)23-16-6-4-2)27-22(25)17-13-10-9-11-14-17/h17-20H,3-16H2,1-2H3,(H,23,24)/t18-,19+,20?/m1/s1. The lowest BCUT2D eigenvalue weighted by Crippen LogP contribution is -2.43. The molecule has 3 atom stereocenters. The Labute approximate surface area is 164 Å². The van der Waals surface area contributed by atoms with Gasteiger partial charge in [0.25, 0.3) is 5.91 Å². The molecule has 2 rings (SSSR count).